The van der Waals surface area contributed by atoms with Gasteiger partial charge in [0, 0.05) is 25.7 Å². The number of hydrogen-bond acceptors (Lipinski definition) is 8. The van der Waals surface area contributed by atoms with E-state index in [1.54, 1.807) is 20.3 Å². The summed E-state index contributed by atoms with van der Waals surface area (Å²) in [5.41, 5.74) is 2.07. The van der Waals surface area contributed by atoms with Gasteiger partial charge in [0.15, 0.2) is 32.8 Å². The third kappa shape index (κ3) is 6.61. The zero-order chi connectivity index (χ0) is 26.3. The Morgan fingerprint density at radius 1 is 0.861 bits per heavy atom. The van der Waals surface area contributed by atoms with Crippen molar-refractivity contribution >= 4 is 15.7 Å². The first-order valence-corrected chi connectivity index (χ1v) is 13.5. The average molecular weight is 521 g/mol. The summed E-state index contributed by atoms with van der Waals surface area (Å²) in [7, 11) is 4.59. The van der Waals surface area contributed by atoms with Gasteiger partial charge in [-0.2, -0.15) is 0 Å². The van der Waals surface area contributed by atoms with Gasteiger partial charge in [-0.25, -0.2) is 8.42 Å². The maximum Gasteiger partial charge on any atom is 0.227 e. The minimum Gasteiger partial charge on any atom is -0.493 e. The van der Waals surface area contributed by atoms with Gasteiger partial charge in [-0.05, 0) is 61.8 Å². The highest BCUT2D eigenvalue weighted by atomic mass is 32.2. The van der Waals surface area contributed by atoms with Crippen LogP contribution in [0.3, 0.4) is 0 Å². The number of carbonyl (C=O) groups is 1. The standard InChI is InChI=1S/C26H36N2O7S/c1-27(13-14-36(30,31)21-7-8-22(32-2)25(18-21)35-5)10-6-11-28-12-9-19-15-23(33-3)24(34-4)16-20(19)17-26(28)29/h7-8,15-16,18H,6,9-14,17H2,1-5H3. The Morgan fingerprint density at radius 3 is 2.11 bits per heavy atom. The van der Waals surface area contributed by atoms with Gasteiger partial charge in [0.05, 0.1) is 45.5 Å². The molecular weight excluding hydrogens is 484 g/mol. The highest BCUT2D eigenvalue weighted by Gasteiger charge is 2.23. The van der Waals surface area contributed by atoms with Crippen molar-refractivity contribution in [2.75, 3.05) is 67.4 Å². The number of nitrogens with zero attached hydrogens (tertiary/aromatic N) is 2. The van der Waals surface area contributed by atoms with Crippen LogP contribution >= 0.6 is 0 Å². The van der Waals surface area contributed by atoms with Crippen molar-refractivity contribution in [2.24, 2.45) is 0 Å². The molecule has 36 heavy (non-hydrogen) atoms. The first-order chi connectivity index (χ1) is 17.2. The molecule has 2 aromatic rings. The minimum atomic E-state index is -3.48. The molecule has 1 heterocycles. The molecule has 9 nitrogen and oxygen atoms in total. The summed E-state index contributed by atoms with van der Waals surface area (Å²) >= 11 is 0. The first kappa shape index (κ1) is 27.6. The van der Waals surface area contributed by atoms with Gasteiger partial charge in [-0.15, -0.1) is 0 Å². The average Bonchev–Trinajstić information content (AvgIpc) is 3.03. The first-order valence-electron chi connectivity index (χ1n) is 11.9. The maximum absolute atomic E-state index is 12.9. The van der Waals surface area contributed by atoms with E-state index in [2.05, 4.69) is 0 Å². The lowest BCUT2D eigenvalue weighted by Gasteiger charge is -2.23. The van der Waals surface area contributed by atoms with Gasteiger partial charge in [-0.3, -0.25) is 4.79 Å². The monoisotopic (exact) mass is 520 g/mol. The summed E-state index contributed by atoms with van der Waals surface area (Å²) in [6, 6.07) is 8.46. The van der Waals surface area contributed by atoms with Crippen molar-refractivity contribution in [1.82, 2.24) is 9.80 Å². The number of amides is 1. The zero-order valence-electron chi connectivity index (χ0n) is 21.7. The molecule has 0 aliphatic carbocycles. The van der Waals surface area contributed by atoms with Crippen LogP contribution in [0.2, 0.25) is 0 Å². The van der Waals surface area contributed by atoms with E-state index in [1.165, 1.54) is 26.4 Å². The van der Waals surface area contributed by atoms with E-state index < -0.39 is 9.84 Å². The van der Waals surface area contributed by atoms with Crippen LogP contribution in [0.15, 0.2) is 35.2 Å². The second-order valence-corrected chi connectivity index (χ2v) is 10.9. The van der Waals surface area contributed by atoms with E-state index in [-0.39, 0.29) is 16.6 Å². The lowest BCUT2D eigenvalue weighted by molar-refractivity contribution is -0.130. The Hall–Kier alpha value is -2.98. The fourth-order valence-electron chi connectivity index (χ4n) is 4.30. The Labute approximate surface area is 213 Å². The second-order valence-electron chi connectivity index (χ2n) is 8.78. The Morgan fingerprint density at radius 2 is 1.47 bits per heavy atom. The van der Waals surface area contributed by atoms with Gasteiger partial charge in [0.2, 0.25) is 5.91 Å². The van der Waals surface area contributed by atoms with Crippen molar-refractivity contribution in [3.63, 3.8) is 0 Å². The topological polar surface area (TPSA) is 94.6 Å². The van der Waals surface area contributed by atoms with Crippen molar-refractivity contribution in [1.29, 1.82) is 0 Å². The number of sulfone groups is 1. The van der Waals surface area contributed by atoms with Crippen LogP contribution in [0.25, 0.3) is 0 Å². The van der Waals surface area contributed by atoms with Crippen LogP contribution < -0.4 is 18.9 Å². The highest BCUT2D eigenvalue weighted by molar-refractivity contribution is 7.91. The molecule has 10 heteroatoms. The number of methoxy groups -OCH3 is 4. The predicted octanol–water partition coefficient (Wildman–Crippen LogP) is 2.44. The van der Waals surface area contributed by atoms with E-state index in [9.17, 15) is 13.2 Å². The number of carbonyl (C=O) groups excluding carboxylic acids is 1. The number of hydrogen-bond donors (Lipinski definition) is 0. The molecule has 0 radical (unpaired) electrons. The molecule has 0 saturated heterocycles. The quantitative estimate of drug-likeness (QED) is 0.421. The molecule has 3 rings (SSSR count). The van der Waals surface area contributed by atoms with Crippen molar-refractivity contribution in [3.05, 3.63) is 41.5 Å². The molecule has 1 aliphatic rings. The summed E-state index contributed by atoms with van der Waals surface area (Å²) in [5, 5.41) is 0. The summed E-state index contributed by atoms with van der Waals surface area (Å²) in [6.45, 7) is 2.32. The smallest absolute Gasteiger partial charge is 0.227 e. The van der Waals surface area contributed by atoms with Crippen molar-refractivity contribution < 1.29 is 32.2 Å². The highest BCUT2D eigenvalue weighted by Crippen LogP contribution is 2.32. The number of fused-ring (bicyclic) bond motifs is 1. The van der Waals surface area contributed by atoms with E-state index in [4.69, 9.17) is 18.9 Å². The molecular formula is C26H36N2O7S. The van der Waals surface area contributed by atoms with Crippen LogP contribution in [0.5, 0.6) is 23.0 Å². The summed E-state index contributed by atoms with van der Waals surface area (Å²) in [5.74, 6) is 2.23. The van der Waals surface area contributed by atoms with Gasteiger partial charge in [-0.1, -0.05) is 0 Å². The fraction of sp³-hybridized carbons (Fsp3) is 0.500. The van der Waals surface area contributed by atoms with Gasteiger partial charge in [0.1, 0.15) is 0 Å². The Bertz CT molecular complexity index is 1170. The zero-order valence-corrected chi connectivity index (χ0v) is 22.5. The molecule has 0 saturated carbocycles. The maximum atomic E-state index is 12.9. The van der Waals surface area contributed by atoms with E-state index in [0.29, 0.717) is 55.6 Å². The molecule has 0 bridgehead atoms. The van der Waals surface area contributed by atoms with Crippen LogP contribution in [0, 0.1) is 0 Å². The number of rotatable bonds is 12. The molecule has 0 aromatic heterocycles. The molecule has 1 amide bonds. The Balaban J connectivity index is 1.50. The van der Waals surface area contributed by atoms with E-state index in [0.717, 1.165) is 24.0 Å². The van der Waals surface area contributed by atoms with Crippen LogP contribution in [0.1, 0.15) is 17.5 Å². The van der Waals surface area contributed by atoms with Crippen LogP contribution in [0.4, 0.5) is 0 Å². The minimum absolute atomic E-state index is 0.0133. The molecule has 0 spiro atoms. The molecule has 2 aromatic carbocycles. The van der Waals surface area contributed by atoms with Crippen molar-refractivity contribution in [2.45, 2.75) is 24.2 Å². The van der Waals surface area contributed by atoms with Gasteiger partial charge >= 0.3 is 0 Å². The SMILES string of the molecule is COc1ccc(S(=O)(=O)CCN(C)CCCN2CCc3cc(OC)c(OC)cc3CC2=O)cc1OC. The fourth-order valence-corrected chi connectivity index (χ4v) is 5.65. The molecule has 1 aliphatic heterocycles. The predicted molar refractivity (Wildman–Crippen MR) is 137 cm³/mol. The molecule has 198 valence electrons. The lowest BCUT2D eigenvalue weighted by Crippen LogP contribution is -2.35. The largest absolute Gasteiger partial charge is 0.493 e. The van der Waals surface area contributed by atoms with Gasteiger partial charge in [0.25, 0.3) is 0 Å². The lowest BCUT2D eigenvalue weighted by atomic mass is 10.0. The second kappa shape index (κ2) is 12.3. The molecule has 0 N–H and O–H groups in total. The third-order valence-corrected chi connectivity index (χ3v) is 8.17. The normalized spacial score (nSPS) is 13.8. The molecule has 0 atom stereocenters. The van der Waals surface area contributed by atoms with Crippen LogP contribution in [-0.2, 0) is 27.5 Å². The van der Waals surface area contributed by atoms with Crippen molar-refractivity contribution in [3.8, 4) is 23.0 Å². The van der Waals surface area contributed by atoms with Gasteiger partial charge < -0.3 is 28.7 Å². The van der Waals surface area contributed by atoms with E-state index in [1.807, 2.05) is 29.0 Å². The van der Waals surface area contributed by atoms with E-state index >= 15 is 0 Å². The summed E-state index contributed by atoms with van der Waals surface area (Å²) < 4.78 is 46.8. The summed E-state index contributed by atoms with van der Waals surface area (Å²) in [4.78, 5) is 16.9. The Kier molecular flexibility index (Phi) is 9.44. The molecule has 0 fully saturated rings. The number of benzene rings is 2. The summed E-state index contributed by atoms with van der Waals surface area (Å²) in [6.07, 6.45) is 1.83. The number of ether oxygens (including phenoxy) is 4. The van der Waals surface area contributed by atoms with Crippen LogP contribution in [-0.4, -0.2) is 91.5 Å². The third-order valence-electron chi connectivity index (χ3n) is 6.47. The molecule has 0 unspecified atom stereocenters.